The summed E-state index contributed by atoms with van der Waals surface area (Å²) in [5.41, 5.74) is 2.22. The minimum Gasteiger partial charge on any atom is -0.867 e. The predicted molar refractivity (Wildman–Crippen MR) is 118 cm³/mol. The predicted octanol–water partition coefficient (Wildman–Crippen LogP) is 3.24. The number of ether oxygens (including phenoxy) is 1. The van der Waals surface area contributed by atoms with E-state index >= 15 is 0 Å². The molecule has 0 aliphatic rings. The van der Waals surface area contributed by atoms with E-state index in [1.165, 1.54) is 11.3 Å². The molecule has 2 aromatic heterocycles. The first-order valence-corrected chi connectivity index (χ1v) is 9.88. The van der Waals surface area contributed by atoms with E-state index < -0.39 is 0 Å². The van der Waals surface area contributed by atoms with Gasteiger partial charge in [0.25, 0.3) is 0 Å². The summed E-state index contributed by atoms with van der Waals surface area (Å²) in [6, 6.07) is 14.9. The van der Waals surface area contributed by atoms with Crippen molar-refractivity contribution in [2.45, 2.75) is 0 Å². The van der Waals surface area contributed by atoms with Crippen molar-refractivity contribution in [2.75, 3.05) is 31.4 Å². The Morgan fingerprint density at radius 2 is 1.79 bits per heavy atom. The Hall–Kier alpha value is -2.90. The summed E-state index contributed by atoms with van der Waals surface area (Å²) in [6.07, 6.45) is 3.69. The van der Waals surface area contributed by atoms with Gasteiger partial charge in [0.15, 0.2) is 17.4 Å². The Morgan fingerprint density at radius 3 is 2.32 bits per heavy atom. The van der Waals surface area contributed by atoms with Crippen LogP contribution in [-0.2, 0) is 0 Å². The number of hydrogen-bond donors (Lipinski definition) is 1. The van der Waals surface area contributed by atoms with E-state index in [0.29, 0.717) is 15.6 Å². The van der Waals surface area contributed by atoms with Gasteiger partial charge in [-0.15, -0.1) is 11.3 Å². The number of rotatable bonds is 6. The summed E-state index contributed by atoms with van der Waals surface area (Å²) in [7, 11) is 5.56. The molecule has 1 aromatic carbocycles. The lowest BCUT2D eigenvalue weighted by Gasteiger charge is -2.16. The number of thiocarbonyl (C=S) groups is 1. The smallest absolute Gasteiger partial charge is 0.239 e. The molecule has 28 heavy (non-hydrogen) atoms. The maximum Gasteiger partial charge on any atom is 0.239 e. The Labute approximate surface area is 174 Å². The molecule has 7 heteroatoms. The number of pyridine rings is 1. The lowest BCUT2D eigenvalue weighted by Crippen LogP contribution is -2.40. The molecule has 0 saturated heterocycles. The molecule has 2 heterocycles. The Kier molecular flexibility index (Phi) is 6.28. The van der Waals surface area contributed by atoms with Gasteiger partial charge in [-0.2, -0.15) is 4.57 Å². The zero-order valence-electron chi connectivity index (χ0n) is 15.9. The largest absolute Gasteiger partial charge is 0.867 e. The molecule has 0 bridgehead atoms. The van der Waals surface area contributed by atoms with Crippen LogP contribution in [0.4, 0.5) is 11.4 Å². The number of aromatic nitrogens is 1. The molecule has 0 spiro atoms. The number of nitrogens with one attached hydrogen (secondary N) is 1. The molecule has 0 aliphatic carbocycles. The van der Waals surface area contributed by atoms with Crippen molar-refractivity contribution in [1.82, 2.24) is 0 Å². The molecule has 5 nitrogen and oxygen atoms in total. The molecule has 1 N–H and O–H groups in total. The zero-order valence-corrected chi connectivity index (χ0v) is 17.5. The topological polar surface area (TPSA) is 51.4 Å². The summed E-state index contributed by atoms with van der Waals surface area (Å²) >= 11 is 7.00. The van der Waals surface area contributed by atoms with E-state index in [0.717, 1.165) is 17.1 Å². The van der Waals surface area contributed by atoms with Gasteiger partial charge in [0.1, 0.15) is 5.75 Å². The average Bonchev–Trinajstić information content (AvgIpc) is 3.24. The molecule has 0 atom stereocenters. The standard InChI is InChI=1S/C21H21N3O2S2/c1-23(2)16-10-12-24(13-11-16)19(20(25)18-5-4-14-28-18)21(27)22-15-6-8-17(26-3)9-7-15/h4-14H,1-3H3,(H-,22,25,27). The van der Waals surface area contributed by atoms with Gasteiger partial charge in [0.2, 0.25) is 5.70 Å². The molecule has 0 aliphatic heterocycles. The fourth-order valence-corrected chi connectivity index (χ4v) is 3.57. The van der Waals surface area contributed by atoms with Crippen LogP contribution in [0.1, 0.15) is 4.88 Å². The molecule has 0 radical (unpaired) electrons. The van der Waals surface area contributed by atoms with Crippen LogP contribution >= 0.6 is 23.6 Å². The van der Waals surface area contributed by atoms with Gasteiger partial charge in [-0.3, -0.25) is 0 Å². The maximum atomic E-state index is 13.2. The fourth-order valence-electron chi connectivity index (χ4n) is 2.59. The third-order valence-corrected chi connectivity index (χ3v) is 5.27. The molecule has 0 unspecified atom stereocenters. The second kappa shape index (κ2) is 8.86. The van der Waals surface area contributed by atoms with Crippen molar-refractivity contribution in [2.24, 2.45) is 0 Å². The molecular formula is C21H21N3O2S2. The Bertz CT molecular complexity index is 964. The van der Waals surface area contributed by atoms with Gasteiger partial charge < -0.3 is 20.1 Å². The molecule has 0 fully saturated rings. The number of benzene rings is 1. The van der Waals surface area contributed by atoms with E-state index in [-0.39, 0.29) is 5.76 Å². The van der Waals surface area contributed by atoms with Crippen LogP contribution in [0.25, 0.3) is 11.5 Å². The van der Waals surface area contributed by atoms with Gasteiger partial charge in [-0.25, -0.2) is 0 Å². The summed E-state index contributed by atoms with van der Waals surface area (Å²) in [5, 5.41) is 18.2. The third-order valence-electron chi connectivity index (χ3n) is 4.11. The fraction of sp³-hybridized carbons (Fsp3) is 0.143. The molecule has 0 saturated carbocycles. The number of nitrogens with zero attached hydrogens (tertiary/aromatic N) is 2. The van der Waals surface area contributed by atoms with Crippen LogP contribution in [0.5, 0.6) is 5.75 Å². The van der Waals surface area contributed by atoms with Gasteiger partial charge in [-0.05, 0) is 41.5 Å². The minimum absolute atomic E-state index is 0.122. The van der Waals surface area contributed by atoms with Crippen LogP contribution in [0, 0.1) is 0 Å². The summed E-state index contributed by atoms with van der Waals surface area (Å²) < 4.78 is 6.94. The summed E-state index contributed by atoms with van der Waals surface area (Å²) in [6.45, 7) is 0. The highest BCUT2D eigenvalue weighted by Gasteiger charge is 2.19. The van der Waals surface area contributed by atoms with Gasteiger partial charge in [0, 0.05) is 42.5 Å². The number of methoxy groups -OCH3 is 1. The first-order chi connectivity index (χ1) is 13.5. The molecule has 3 aromatic rings. The molecule has 144 valence electrons. The SMILES string of the molecule is COc1ccc(NC(=S)C(=C([O-])c2cccs2)[n+]2ccc(N(C)C)cc2)cc1. The van der Waals surface area contributed by atoms with E-state index in [1.54, 1.807) is 17.7 Å². The third kappa shape index (κ3) is 4.49. The van der Waals surface area contributed by atoms with E-state index in [9.17, 15) is 5.11 Å². The quantitative estimate of drug-likeness (QED) is 0.292. The Morgan fingerprint density at radius 1 is 1.11 bits per heavy atom. The van der Waals surface area contributed by atoms with Crippen LogP contribution in [0.2, 0.25) is 0 Å². The highest BCUT2D eigenvalue weighted by molar-refractivity contribution is 7.81. The molecule has 3 rings (SSSR count). The van der Waals surface area contributed by atoms with Crippen LogP contribution in [-0.4, -0.2) is 26.2 Å². The normalized spacial score (nSPS) is 11.5. The molecular weight excluding hydrogens is 390 g/mol. The highest BCUT2D eigenvalue weighted by Crippen LogP contribution is 2.22. The van der Waals surface area contributed by atoms with E-state index in [1.807, 2.05) is 79.2 Å². The van der Waals surface area contributed by atoms with Crippen molar-refractivity contribution in [1.29, 1.82) is 0 Å². The van der Waals surface area contributed by atoms with Crippen molar-refractivity contribution < 1.29 is 14.4 Å². The lowest BCUT2D eigenvalue weighted by molar-refractivity contribution is -0.577. The zero-order chi connectivity index (χ0) is 20.1. The first-order valence-electron chi connectivity index (χ1n) is 8.59. The van der Waals surface area contributed by atoms with Crippen LogP contribution in [0.3, 0.4) is 0 Å². The van der Waals surface area contributed by atoms with E-state index in [2.05, 4.69) is 5.32 Å². The van der Waals surface area contributed by atoms with Gasteiger partial charge in [-0.1, -0.05) is 18.3 Å². The number of anilines is 2. The van der Waals surface area contributed by atoms with Crippen LogP contribution < -0.4 is 24.6 Å². The van der Waals surface area contributed by atoms with E-state index in [4.69, 9.17) is 17.0 Å². The second-order valence-corrected chi connectivity index (χ2v) is 7.55. The maximum absolute atomic E-state index is 13.2. The molecule has 0 amide bonds. The number of hydrogen-bond acceptors (Lipinski definition) is 5. The monoisotopic (exact) mass is 411 g/mol. The first kappa shape index (κ1) is 19.9. The van der Waals surface area contributed by atoms with Crippen molar-refractivity contribution >= 4 is 51.4 Å². The van der Waals surface area contributed by atoms with Gasteiger partial charge in [0.05, 0.1) is 7.11 Å². The number of thiophene rings is 1. The Balaban J connectivity index is 1.98. The highest BCUT2D eigenvalue weighted by atomic mass is 32.1. The minimum atomic E-state index is -0.122. The van der Waals surface area contributed by atoms with Gasteiger partial charge >= 0.3 is 0 Å². The average molecular weight is 412 g/mol. The summed E-state index contributed by atoms with van der Waals surface area (Å²) in [4.78, 5) is 2.99. The lowest BCUT2D eigenvalue weighted by atomic mass is 10.2. The van der Waals surface area contributed by atoms with Crippen molar-refractivity contribution in [3.8, 4) is 5.75 Å². The van der Waals surface area contributed by atoms with Crippen LogP contribution in [0.15, 0.2) is 66.3 Å². The van der Waals surface area contributed by atoms with Crippen molar-refractivity contribution in [3.05, 3.63) is 71.2 Å². The second-order valence-electron chi connectivity index (χ2n) is 6.20. The summed E-state index contributed by atoms with van der Waals surface area (Å²) in [5.74, 6) is 0.632. The van der Waals surface area contributed by atoms with Crippen molar-refractivity contribution in [3.63, 3.8) is 0 Å².